The number of aromatic nitrogens is 2. The van der Waals surface area contributed by atoms with Crippen molar-refractivity contribution in [3.63, 3.8) is 0 Å². The fourth-order valence-corrected chi connectivity index (χ4v) is 1.35. The van der Waals surface area contributed by atoms with E-state index < -0.39 is 5.97 Å². The molecule has 1 heterocycles. The van der Waals surface area contributed by atoms with Crippen molar-refractivity contribution in [1.29, 1.82) is 0 Å². The van der Waals surface area contributed by atoms with Crippen LogP contribution in [0, 0.1) is 0 Å². The quantitative estimate of drug-likeness (QED) is 0.739. The van der Waals surface area contributed by atoms with Gasteiger partial charge in [-0.1, -0.05) is 0 Å². The van der Waals surface area contributed by atoms with Crippen molar-refractivity contribution in [3.05, 3.63) is 17.5 Å². The molecule has 0 aliphatic heterocycles. The Morgan fingerprint density at radius 3 is 2.93 bits per heavy atom. The zero-order valence-corrected chi connectivity index (χ0v) is 9.23. The summed E-state index contributed by atoms with van der Waals surface area (Å²) >= 11 is 0. The van der Waals surface area contributed by atoms with Crippen LogP contribution < -0.4 is 0 Å². The Morgan fingerprint density at radius 1 is 1.73 bits per heavy atom. The minimum atomic E-state index is -0.434. The molecule has 1 atom stereocenters. The molecule has 0 spiro atoms. The standard InChI is InChI=1S/C10H16N2O3/c1-7(13)4-5-8-6-12(2)11-9(8)10(14)15-3/h6-7,13H,4-5H2,1-3H3. The van der Waals surface area contributed by atoms with E-state index in [4.69, 9.17) is 5.11 Å². The first-order valence-electron chi connectivity index (χ1n) is 4.83. The molecule has 0 radical (unpaired) electrons. The summed E-state index contributed by atoms with van der Waals surface area (Å²) in [6, 6.07) is 0. The molecule has 0 saturated heterocycles. The first kappa shape index (κ1) is 11.7. The van der Waals surface area contributed by atoms with Crippen LogP contribution in [0.25, 0.3) is 0 Å². The third-order valence-electron chi connectivity index (χ3n) is 2.11. The van der Waals surface area contributed by atoms with Crippen molar-refractivity contribution >= 4 is 5.97 Å². The Kier molecular flexibility index (Phi) is 3.85. The van der Waals surface area contributed by atoms with Gasteiger partial charge in [-0.15, -0.1) is 0 Å². The number of methoxy groups -OCH3 is 1. The van der Waals surface area contributed by atoms with Crippen LogP contribution in [0.3, 0.4) is 0 Å². The molecule has 0 fully saturated rings. The van der Waals surface area contributed by atoms with Gasteiger partial charge in [0.1, 0.15) is 0 Å². The van der Waals surface area contributed by atoms with Gasteiger partial charge in [0.05, 0.1) is 13.2 Å². The van der Waals surface area contributed by atoms with E-state index >= 15 is 0 Å². The molecule has 0 bridgehead atoms. The van der Waals surface area contributed by atoms with Crippen LogP contribution in [0.1, 0.15) is 29.4 Å². The largest absolute Gasteiger partial charge is 0.464 e. The molecule has 0 aliphatic rings. The molecule has 1 unspecified atom stereocenters. The van der Waals surface area contributed by atoms with Crippen molar-refractivity contribution in [3.8, 4) is 0 Å². The topological polar surface area (TPSA) is 64.3 Å². The molecule has 1 N–H and O–H groups in total. The lowest BCUT2D eigenvalue weighted by Crippen LogP contribution is -2.08. The van der Waals surface area contributed by atoms with Crippen LogP contribution >= 0.6 is 0 Å². The summed E-state index contributed by atoms with van der Waals surface area (Å²) in [7, 11) is 3.08. The van der Waals surface area contributed by atoms with Crippen LogP contribution in [-0.2, 0) is 18.2 Å². The molecule has 1 aromatic heterocycles. The fraction of sp³-hybridized carbons (Fsp3) is 0.600. The summed E-state index contributed by atoms with van der Waals surface area (Å²) in [5.74, 6) is -0.434. The lowest BCUT2D eigenvalue weighted by molar-refractivity contribution is 0.0591. The van der Waals surface area contributed by atoms with Gasteiger partial charge in [0.2, 0.25) is 0 Å². The zero-order chi connectivity index (χ0) is 11.4. The highest BCUT2D eigenvalue weighted by Gasteiger charge is 2.16. The Labute approximate surface area is 88.7 Å². The van der Waals surface area contributed by atoms with Gasteiger partial charge in [0.15, 0.2) is 5.69 Å². The van der Waals surface area contributed by atoms with E-state index in [1.165, 1.54) is 7.11 Å². The molecule has 0 aliphatic carbocycles. The van der Waals surface area contributed by atoms with Gasteiger partial charge >= 0.3 is 5.97 Å². The van der Waals surface area contributed by atoms with Gasteiger partial charge in [-0.05, 0) is 19.8 Å². The number of aryl methyl sites for hydroxylation is 2. The van der Waals surface area contributed by atoms with Crippen LogP contribution in [0.15, 0.2) is 6.20 Å². The molecule has 1 aromatic rings. The molecule has 0 aromatic carbocycles. The zero-order valence-electron chi connectivity index (χ0n) is 9.23. The number of aliphatic hydroxyl groups excluding tert-OH is 1. The average molecular weight is 212 g/mol. The summed E-state index contributed by atoms with van der Waals surface area (Å²) in [5, 5.41) is 13.2. The summed E-state index contributed by atoms with van der Waals surface area (Å²) in [5.41, 5.74) is 1.14. The summed E-state index contributed by atoms with van der Waals surface area (Å²) in [6.07, 6.45) is 2.62. The summed E-state index contributed by atoms with van der Waals surface area (Å²) in [4.78, 5) is 11.3. The Bertz CT molecular complexity index is 344. The van der Waals surface area contributed by atoms with E-state index in [9.17, 15) is 4.79 Å². The number of ether oxygens (including phenoxy) is 1. The number of hydrogen-bond donors (Lipinski definition) is 1. The van der Waals surface area contributed by atoms with E-state index in [0.29, 0.717) is 18.5 Å². The second-order valence-corrected chi connectivity index (χ2v) is 3.56. The van der Waals surface area contributed by atoms with Crippen molar-refractivity contribution in [1.82, 2.24) is 9.78 Å². The maximum absolute atomic E-state index is 11.3. The summed E-state index contributed by atoms with van der Waals surface area (Å²) < 4.78 is 6.19. The highest BCUT2D eigenvalue weighted by molar-refractivity contribution is 5.88. The van der Waals surface area contributed by atoms with Crippen molar-refractivity contribution < 1.29 is 14.6 Å². The lowest BCUT2D eigenvalue weighted by Gasteiger charge is -2.02. The van der Waals surface area contributed by atoms with Crippen LogP contribution in [-0.4, -0.2) is 34.1 Å². The number of carbonyl (C=O) groups is 1. The van der Waals surface area contributed by atoms with Crippen LogP contribution in [0.5, 0.6) is 0 Å². The molecule has 15 heavy (non-hydrogen) atoms. The van der Waals surface area contributed by atoms with Gasteiger partial charge in [-0.25, -0.2) is 4.79 Å². The van der Waals surface area contributed by atoms with Gasteiger partial charge < -0.3 is 9.84 Å². The van der Waals surface area contributed by atoms with Crippen molar-refractivity contribution in [2.24, 2.45) is 7.05 Å². The number of esters is 1. The van der Waals surface area contributed by atoms with E-state index in [-0.39, 0.29) is 6.10 Å². The average Bonchev–Trinajstić information content (AvgIpc) is 2.55. The van der Waals surface area contributed by atoms with Crippen molar-refractivity contribution in [2.45, 2.75) is 25.9 Å². The molecule has 0 amide bonds. The third kappa shape index (κ3) is 3.06. The second kappa shape index (κ2) is 4.93. The molecular formula is C10H16N2O3. The third-order valence-corrected chi connectivity index (χ3v) is 2.11. The van der Waals surface area contributed by atoms with Crippen molar-refractivity contribution in [2.75, 3.05) is 7.11 Å². The highest BCUT2D eigenvalue weighted by atomic mass is 16.5. The minimum absolute atomic E-state index is 0.334. The normalized spacial score (nSPS) is 12.5. The maximum atomic E-state index is 11.3. The number of carbonyl (C=O) groups excluding carboxylic acids is 1. The highest BCUT2D eigenvalue weighted by Crippen LogP contribution is 2.11. The summed E-state index contributed by atoms with van der Waals surface area (Å²) in [6.45, 7) is 1.72. The number of aliphatic hydroxyl groups is 1. The Hall–Kier alpha value is -1.36. The first-order valence-corrected chi connectivity index (χ1v) is 4.83. The SMILES string of the molecule is COC(=O)c1nn(C)cc1CCC(C)O. The van der Waals surface area contributed by atoms with E-state index in [1.54, 1.807) is 24.9 Å². The van der Waals surface area contributed by atoms with Crippen LogP contribution in [0.4, 0.5) is 0 Å². The minimum Gasteiger partial charge on any atom is -0.464 e. The molecular weight excluding hydrogens is 196 g/mol. The van der Waals surface area contributed by atoms with Gasteiger partial charge in [-0.3, -0.25) is 4.68 Å². The van der Waals surface area contributed by atoms with Gasteiger partial charge in [0.25, 0.3) is 0 Å². The fourth-order valence-electron chi connectivity index (χ4n) is 1.35. The predicted molar refractivity (Wildman–Crippen MR) is 54.5 cm³/mol. The number of nitrogens with zero attached hydrogens (tertiary/aromatic N) is 2. The first-order chi connectivity index (χ1) is 7.04. The second-order valence-electron chi connectivity index (χ2n) is 3.56. The Morgan fingerprint density at radius 2 is 2.40 bits per heavy atom. The smallest absolute Gasteiger partial charge is 0.358 e. The lowest BCUT2D eigenvalue weighted by atomic mass is 10.1. The van der Waals surface area contributed by atoms with E-state index in [1.807, 2.05) is 0 Å². The molecule has 5 nitrogen and oxygen atoms in total. The predicted octanol–water partition coefficient (Wildman–Crippen LogP) is 0.520. The number of rotatable bonds is 4. The molecule has 1 rings (SSSR count). The van der Waals surface area contributed by atoms with Gasteiger partial charge in [0, 0.05) is 18.8 Å². The Balaban J connectivity index is 2.81. The van der Waals surface area contributed by atoms with Gasteiger partial charge in [-0.2, -0.15) is 5.10 Å². The van der Waals surface area contributed by atoms with Crippen LogP contribution in [0.2, 0.25) is 0 Å². The number of hydrogen-bond acceptors (Lipinski definition) is 4. The maximum Gasteiger partial charge on any atom is 0.358 e. The monoisotopic (exact) mass is 212 g/mol. The molecule has 0 saturated carbocycles. The molecule has 5 heteroatoms. The molecule has 84 valence electrons. The van der Waals surface area contributed by atoms with E-state index in [0.717, 1.165) is 5.56 Å². The van der Waals surface area contributed by atoms with E-state index in [2.05, 4.69) is 9.84 Å².